The van der Waals surface area contributed by atoms with Gasteiger partial charge in [-0.05, 0) is 26.0 Å². The molecule has 0 amide bonds. The Labute approximate surface area is 126 Å². The van der Waals surface area contributed by atoms with Crippen molar-refractivity contribution >= 4 is 32.9 Å². The van der Waals surface area contributed by atoms with Gasteiger partial charge in [0.05, 0.1) is 26.4 Å². The Kier molecular flexibility index (Phi) is 4.10. The van der Waals surface area contributed by atoms with Gasteiger partial charge in [0, 0.05) is 23.9 Å². The minimum absolute atomic E-state index is 0.414. The third kappa shape index (κ3) is 3.06. The van der Waals surface area contributed by atoms with Crippen LogP contribution in [-0.4, -0.2) is 16.0 Å². The van der Waals surface area contributed by atoms with Gasteiger partial charge in [0.25, 0.3) is 0 Å². The topological polar surface area (TPSA) is 37.8 Å². The van der Waals surface area contributed by atoms with Gasteiger partial charge >= 0.3 is 0 Å². The van der Waals surface area contributed by atoms with E-state index in [0.29, 0.717) is 6.04 Å². The summed E-state index contributed by atoms with van der Waals surface area (Å²) in [6.07, 6.45) is 0.969. The monoisotopic (exact) mass is 303 g/mol. The van der Waals surface area contributed by atoms with Crippen LogP contribution >= 0.6 is 22.7 Å². The van der Waals surface area contributed by atoms with Gasteiger partial charge in [0.1, 0.15) is 0 Å². The lowest BCUT2D eigenvalue weighted by Crippen LogP contribution is -2.27. The molecule has 0 fully saturated rings. The maximum atomic E-state index is 4.68. The third-order valence-electron chi connectivity index (χ3n) is 3.27. The van der Waals surface area contributed by atoms with Crippen LogP contribution in [0.5, 0.6) is 0 Å². The number of para-hydroxylation sites is 1. The molecule has 1 atom stereocenters. The summed E-state index contributed by atoms with van der Waals surface area (Å²) in [5, 5.41) is 4.76. The second-order valence-corrected chi connectivity index (χ2v) is 6.98. The number of hydrogen-bond acceptors (Lipinski definition) is 5. The van der Waals surface area contributed by atoms with Crippen molar-refractivity contribution in [1.29, 1.82) is 0 Å². The second kappa shape index (κ2) is 5.99. The fourth-order valence-electron chi connectivity index (χ4n) is 2.10. The number of aromatic nitrogens is 2. The molecule has 0 aliphatic heterocycles. The third-order valence-corrected chi connectivity index (χ3v) is 5.27. The zero-order valence-electron chi connectivity index (χ0n) is 11.6. The van der Waals surface area contributed by atoms with E-state index in [2.05, 4.69) is 47.3 Å². The molecule has 104 valence electrons. The van der Waals surface area contributed by atoms with Crippen LogP contribution in [-0.2, 0) is 13.0 Å². The number of nitrogens with one attached hydrogen (secondary N) is 1. The first-order valence-corrected chi connectivity index (χ1v) is 8.39. The van der Waals surface area contributed by atoms with Crippen LogP contribution in [0.4, 0.5) is 0 Å². The maximum Gasteiger partial charge on any atom is 0.0954 e. The maximum absolute atomic E-state index is 4.68. The minimum Gasteiger partial charge on any atom is -0.309 e. The lowest BCUT2D eigenvalue weighted by molar-refractivity contribution is 0.547. The highest BCUT2D eigenvalue weighted by molar-refractivity contribution is 7.18. The zero-order valence-corrected chi connectivity index (χ0v) is 13.2. The molecule has 1 N–H and O–H groups in total. The molecule has 0 aliphatic rings. The van der Waals surface area contributed by atoms with E-state index in [1.165, 1.54) is 14.6 Å². The van der Waals surface area contributed by atoms with Crippen molar-refractivity contribution in [2.75, 3.05) is 0 Å². The van der Waals surface area contributed by atoms with E-state index in [9.17, 15) is 0 Å². The number of hydrogen-bond donors (Lipinski definition) is 1. The number of fused-ring (bicyclic) bond motifs is 1. The summed E-state index contributed by atoms with van der Waals surface area (Å²) in [5.74, 6) is 0. The molecular formula is C15H17N3S2. The van der Waals surface area contributed by atoms with Crippen LogP contribution in [0.25, 0.3) is 10.2 Å². The Hall–Kier alpha value is -1.30. The molecule has 0 unspecified atom stereocenters. The minimum atomic E-state index is 0.414. The molecule has 3 aromatic rings. The molecule has 3 rings (SSSR count). The number of benzene rings is 1. The summed E-state index contributed by atoms with van der Waals surface area (Å²) in [4.78, 5) is 10.3. The molecule has 2 aromatic heterocycles. The highest BCUT2D eigenvalue weighted by Crippen LogP contribution is 2.22. The molecule has 5 heteroatoms. The van der Waals surface area contributed by atoms with Gasteiger partial charge in [0.15, 0.2) is 0 Å². The van der Waals surface area contributed by atoms with Crippen LogP contribution < -0.4 is 5.32 Å². The van der Waals surface area contributed by atoms with E-state index in [4.69, 9.17) is 0 Å². The predicted octanol–water partition coefficient (Wildman–Crippen LogP) is 3.78. The summed E-state index contributed by atoms with van der Waals surface area (Å²) in [5.41, 5.74) is 4.15. The molecule has 1 aromatic carbocycles. The van der Waals surface area contributed by atoms with Gasteiger partial charge in [-0.15, -0.1) is 22.7 Å². The number of thiazole rings is 2. The van der Waals surface area contributed by atoms with Crippen LogP contribution in [0.15, 0.2) is 29.8 Å². The van der Waals surface area contributed by atoms with Gasteiger partial charge in [0.2, 0.25) is 0 Å². The van der Waals surface area contributed by atoms with Gasteiger partial charge in [-0.3, -0.25) is 0 Å². The summed E-state index contributed by atoms with van der Waals surface area (Å²) in [6, 6.07) is 8.74. The number of aryl methyl sites for hydroxylation is 1. The van der Waals surface area contributed by atoms with E-state index >= 15 is 0 Å². The summed E-state index contributed by atoms with van der Waals surface area (Å²) in [7, 11) is 0. The highest BCUT2D eigenvalue weighted by atomic mass is 32.1. The van der Waals surface area contributed by atoms with Crippen molar-refractivity contribution in [3.05, 3.63) is 45.4 Å². The molecule has 2 heterocycles. The Bertz CT molecular complexity index is 669. The van der Waals surface area contributed by atoms with E-state index < -0.39 is 0 Å². The lowest BCUT2D eigenvalue weighted by Gasteiger charge is -2.11. The summed E-state index contributed by atoms with van der Waals surface area (Å²) < 4.78 is 1.27. The van der Waals surface area contributed by atoms with Gasteiger partial charge in [-0.2, -0.15) is 0 Å². The van der Waals surface area contributed by atoms with Crippen LogP contribution in [0.3, 0.4) is 0 Å². The molecule has 0 aliphatic carbocycles. The van der Waals surface area contributed by atoms with Crippen molar-refractivity contribution in [2.45, 2.75) is 32.9 Å². The van der Waals surface area contributed by atoms with Gasteiger partial charge in [-0.25, -0.2) is 9.97 Å². The molecule has 0 bridgehead atoms. The zero-order chi connectivity index (χ0) is 13.9. The number of nitrogens with zero attached hydrogens (tertiary/aromatic N) is 2. The molecular weight excluding hydrogens is 286 g/mol. The Morgan fingerprint density at radius 3 is 2.90 bits per heavy atom. The highest BCUT2D eigenvalue weighted by Gasteiger charge is 2.09. The van der Waals surface area contributed by atoms with E-state index in [1.54, 1.807) is 22.7 Å². The average molecular weight is 303 g/mol. The predicted molar refractivity (Wildman–Crippen MR) is 86.5 cm³/mol. The number of rotatable bonds is 5. The van der Waals surface area contributed by atoms with Crippen molar-refractivity contribution in [2.24, 2.45) is 0 Å². The Balaban J connectivity index is 1.61. The van der Waals surface area contributed by atoms with Crippen molar-refractivity contribution in [3.8, 4) is 0 Å². The molecule has 0 saturated carbocycles. The molecule has 20 heavy (non-hydrogen) atoms. The Morgan fingerprint density at radius 2 is 2.15 bits per heavy atom. The van der Waals surface area contributed by atoms with Crippen molar-refractivity contribution < 1.29 is 0 Å². The quantitative estimate of drug-likeness (QED) is 0.779. The van der Waals surface area contributed by atoms with Crippen LogP contribution in [0.2, 0.25) is 0 Å². The SMILES string of the molecule is Cc1ncsc1CN[C@H](C)Cc1nc2ccccc2s1. The lowest BCUT2D eigenvalue weighted by atomic mass is 10.2. The molecule has 3 nitrogen and oxygen atoms in total. The molecule has 0 saturated heterocycles. The first-order chi connectivity index (χ1) is 9.72. The fourth-order valence-corrected chi connectivity index (χ4v) is 3.93. The first-order valence-electron chi connectivity index (χ1n) is 6.69. The van der Waals surface area contributed by atoms with Crippen molar-refractivity contribution in [1.82, 2.24) is 15.3 Å². The largest absolute Gasteiger partial charge is 0.309 e. The standard InChI is InChI=1S/C15H17N3S2/c1-10(16-8-14-11(2)17-9-19-14)7-15-18-12-5-3-4-6-13(12)20-15/h3-6,9-10,16H,7-8H2,1-2H3/t10-/m1/s1. The van der Waals surface area contributed by atoms with E-state index in [-0.39, 0.29) is 0 Å². The van der Waals surface area contributed by atoms with Gasteiger partial charge < -0.3 is 5.32 Å². The van der Waals surface area contributed by atoms with Gasteiger partial charge in [-0.1, -0.05) is 12.1 Å². The van der Waals surface area contributed by atoms with Crippen molar-refractivity contribution in [3.63, 3.8) is 0 Å². The smallest absolute Gasteiger partial charge is 0.0954 e. The van der Waals surface area contributed by atoms with E-state index in [0.717, 1.165) is 24.2 Å². The van der Waals surface area contributed by atoms with Crippen LogP contribution in [0.1, 0.15) is 22.5 Å². The second-order valence-electron chi connectivity index (χ2n) is 4.92. The summed E-state index contributed by atoms with van der Waals surface area (Å²) in [6.45, 7) is 5.16. The average Bonchev–Trinajstić information content (AvgIpc) is 3.01. The van der Waals surface area contributed by atoms with Crippen LogP contribution in [0, 0.1) is 6.92 Å². The molecule has 0 spiro atoms. The first kappa shape index (κ1) is 13.7. The summed E-state index contributed by atoms with van der Waals surface area (Å²) >= 11 is 3.51. The van der Waals surface area contributed by atoms with E-state index in [1.807, 2.05) is 11.6 Å². The Morgan fingerprint density at radius 1 is 1.30 bits per heavy atom. The fraction of sp³-hybridized carbons (Fsp3) is 0.333. The molecule has 0 radical (unpaired) electrons. The normalized spacial score (nSPS) is 12.9.